The molecule has 0 unspecified atom stereocenters. The van der Waals surface area contributed by atoms with Crippen LogP contribution in [0.4, 0.5) is 5.69 Å². The van der Waals surface area contributed by atoms with E-state index < -0.39 is 0 Å². The largest absolute Gasteiger partial charge is 0.490 e. The molecule has 1 saturated carbocycles. The fourth-order valence-electron chi connectivity index (χ4n) is 3.08. The second kappa shape index (κ2) is 9.11. The Morgan fingerprint density at radius 2 is 1.44 bits per heavy atom. The Morgan fingerprint density at radius 3 is 2.08 bits per heavy atom. The Bertz CT molecular complexity index is 649. The zero-order chi connectivity index (χ0) is 17.3. The van der Waals surface area contributed by atoms with Crippen LogP contribution < -0.4 is 14.8 Å². The first-order valence-electron chi connectivity index (χ1n) is 9.03. The molecule has 132 valence electrons. The van der Waals surface area contributed by atoms with Crippen LogP contribution in [0.15, 0.2) is 54.6 Å². The van der Waals surface area contributed by atoms with E-state index in [-0.39, 0.29) is 11.8 Å². The Hall–Kier alpha value is -2.49. The summed E-state index contributed by atoms with van der Waals surface area (Å²) in [5, 5.41) is 3.01. The van der Waals surface area contributed by atoms with Gasteiger partial charge in [0.2, 0.25) is 5.91 Å². The highest BCUT2D eigenvalue weighted by molar-refractivity contribution is 5.92. The lowest BCUT2D eigenvalue weighted by molar-refractivity contribution is -0.120. The SMILES string of the molecule is O=C(Nc1ccc(OCCOc2ccccc2)cc1)C1CCCCC1. The van der Waals surface area contributed by atoms with Gasteiger partial charge in [0.25, 0.3) is 0 Å². The molecule has 1 amide bonds. The minimum absolute atomic E-state index is 0.143. The quantitative estimate of drug-likeness (QED) is 0.746. The molecule has 1 aliphatic carbocycles. The first-order valence-corrected chi connectivity index (χ1v) is 9.03. The molecule has 3 rings (SSSR count). The van der Waals surface area contributed by atoms with Crippen molar-refractivity contribution in [1.82, 2.24) is 0 Å². The van der Waals surface area contributed by atoms with E-state index in [1.807, 2.05) is 54.6 Å². The highest BCUT2D eigenvalue weighted by atomic mass is 16.5. The van der Waals surface area contributed by atoms with Crippen molar-refractivity contribution in [3.63, 3.8) is 0 Å². The van der Waals surface area contributed by atoms with Crippen LogP contribution in [0.25, 0.3) is 0 Å². The molecule has 0 heterocycles. The number of anilines is 1. The minimum Gasteiger partial charge on any atom is -0.490 e. The normalized spacial score (nSPS) is 14.7. The molecule has 4 heteroatoms. The fraction of sp³-hybridized carbons (Fsp3) is 0.381. The average Bonchev–Trinajstić information content (AvgIpc) is 2.68. The number of amides is 1. The van der Waals surface area contributed by atoms with Crippen LogP contribution in [0.5, 0.6) is 11.5 Å². The maximum absolute atomic E-state index is 12.2. The van der Waals surface area contributed by atoms with Crippen molar-refractivity contribution in [2.45, 2.75) is 32.1 Å². The van der Waals surface area contributed by atoms with E-state index in [0.29, 0.717) is 13.2 Å². The Morgan fingerprint density at radius 1 is 0.840 bits per heavy atom. The third kappa shape index (κ3) is 5.52. The van der Waals surface area contributed by atoms with Gasteiger partial charge in [0.15, 0.2) is 0 Å². The van der Waals surface area contributed by atoms with Crippen molar-refractivity contribution in [3.05, 3.63) is 54.6 Å². The summed E-state index contributed by atoms with van der Waals surface area (Å²) in [6.45, 7) is 0.965. The molecule has 0 saturated heterocycles. The van der Waals surface area contributed by atoms with Crippen LogP contribution in [-0.4, -0.2) is 19.1 Å². The third-order valence-electron chi connectivity index (χ3n) is 4.46. The molecule has 0 radical (unpaired) electrons. The van der Waals surface area contributed by atoms with Crippen LogP contribution in [-0.2, 0) is 4.79 Å². The van der Waals surface area contributed by atoms with Crippen LogP contribution in [0.3, 0.4) is 0 Å². The lowest BCUT2D eigenvalue weighted by atomic mass is 9.88. The molecule has 1 fully saturated rings. The number of ether oxygens (including phenoxy) is 2. The summed E-state index contributed by atoms with van der Waals surface area (Å²) >= 11 is 0. The minimum atomic E-state index is 0.143. The van der Waals surface area contributed by atoms with Crippen molar-refractivity contribution in [3.8, 4) is 11.5 Å². The molecule has 0 bridgehead atoms. The van der Waals surface area contributed by atoms with Crippen molar-refractivity contribution in [2.24, 2.45) is 5.92 Å². The van der Waals surface area contributed by atoms with Gasteiger partial charge < -0.3 is 14.8 Å². The van der Waals surface area contributed by atoms with Crippen LogP contribution in [0.1, 0.15) is 32.1 Å². The van der Waals surface area contributed by atoms with Crippen LogP contribution >= 0.6 is 0 Å². The van der Waals surface area contributed by atoms with Gasteiger partial charge in [-0.3, -0.25) is 4.79 Å². The number of rotatable bonds is 7. The number of hydrogen-bond donors (Lipinski definition) is 1. The summed E-state index contributed by atoms with van der Waals surface area (Å²) in [6, 6.07) is 17.2. The molecule has 1 N–H and O–H groups in total. The van der Waals surface area contributed by atoms with Crippen LogP contribution in [0.2, 0.25) is 0 Å². The van der Waals surface area contributed by atoms with Gasteiger partial charge in [-0.2, -0.15) is 0 Å². The van der Waals surface area contributed by atoms with E-state index in [2.05, 4.69) is 5.32 Å². The highest BCUT2D eigenvalue weighted by Gasteiger charge is 2.20. The standard InChI is InChI=1S/C21H25NO3/c23-21(17-7-3-1-4-8-17)22-18-11-13-20(14-12-18)25-16-15-24-19-9-5-2-6-10-19/h2,5-6,9-14,17H,1,3-4,7-8,15-16H2,(H,22,23). The number of para-hydroxylation sites is 1. The Balaban J connectivity index is 1.40. The smallest absolute Gasteiger partial charge is 0.227 e. The van der Waals surface area contributed by atoms with E-state index >= 15 is 0 Å². The van der Waals surface area contributed by atoms with E-state index in [1.165, 1.54) is 6.42 Å². The number of hydrogen-bond acceptors (Lipinski definition) is 3. The molecule has 0 atom stereocenters. The van der Waals surface area contributed by atoms with Crippen molar-refractivity contribution in [1.29, 1.82) is 0 Å². The van der Waals surface area contributed by atoms with Gasteiger partial charge in [-0.15, -0.1) is 0 Å². The van der Waals surface area contributed by atoms with E-state index in [1.54, 1.807) is 0 Å². The van der Waals surface area contributed by atoms with Gasteiger partial charge in [-0.1, -0.05) is 37.5 Å². The molecule has 0 aromatic heterocycles. The zero-order valence-electron chi connectivity index (χ0n) is 14.4. The molecule has 4 nitrogen and oxygen atoms in total. The van der Waals surface area contributed by atoms with Gasteiger partial charge in [-0.25, -0.2) is 0 Å². The maximum Gasteiger partial charge on any atom is 0.227 e. The molecule has 25 heavy (non-hydrogen) atoms. The summed E-state index contributed by atoms with van der Waals surface area (Å²) < 4.78 is 11.3. The Kier molecular flexibility index (Phi) is 6.32. The summed E-state index contributed by atoms with van der Waals surface area (Å²) in [6.07, 6.45) is 5.60. The first kappa shape index (κ1) is 17.3. The lowest BCUT2D eigenvalue weighted by Gasteiger charge is -2.20. The van der Waals surface area contributed by atoms with E-state index in [9.17, 15) is 4.79 Å². The molecular formula is C21H25NO3. The summed E-state index contributed by atoms with van der Waals surface area (Å²) in [4.78, 5) is 12.2. The summed E-state index contributed by atoms with van der Waals surface area (Å²) in [5.74, 6) is 1.92. The van der Waals surface area contributed by atoms with Gasteiger partial charge in [0.05, 0.1) is 0 Å². The molecule has 2 aromatic rings. The fourth-order valence-corrected chi connectivity index (χ4v) is 3.08. The Labute approximate surface area is 149 Å². The van der Waals surface area contributed by atoms with Gasteiger partial charge in [0.1, 0.15) is 24.7 Å². The predicted octanol–water partition coefficient (Wildman–Crippen LogP) is 4.66. The first-order chi connectivity index (χ1) is 12.3. The van der Waals surface area contributed by atoms with E-state index in [0.717, 1.165) is 42.9 Å². The van der Waals surface area contributed by atoms with Crippen LogP contribution in [0, 0.1) is 5.92 Å². The van der Waals surface area contributed by atoms with Gasteiger partial charge in [0, 0.05) is 11.6 Å². The maximum atomic E-state index is 12.2. The van der Waals surface area contributed by atoms with Crippen molar-refractivity contribution in [2.75, 3.05) is 18.5 Å². The third-order valence-corrected chi connectivity index (χ3v) is 4.46. The second-order valence-corrected chi connectivity index (χ2v) is 6.36. The number of carbonyl (C=O) groups is 1. The van der Waals surface area contributed by atoms with Gasteiger partial charge in [-0.05, 0) is 49.2 Å². The average molecular weight is 339 g/mol. The number of benzene rings is 2. The topological polar surface area (TPSA) is 47.6 Å². The highest BCUT2D eigenvalue weighted by Crippen LogP contribution is 2.25. The zero-order valence-corrected chi connectivity index (χ0v) is 14.4. The van der Waals surface area contributed by atoms with E-state index in [4.69, 9.17) is 9.47 Å². The lowest BCUT2D eigenvalue weighted by Crippen LogP contribution is -2.24. The molecule has 0 aliphatic heterocycles. The molecular weight excluding hydrogens is 314 g/mol. The number of nitrogens with one attached hydrogen (secondary N) is 1. The molecule has 0 spiro atoms. The summed E-state index contributed by atoms with van der Waals surface area (Å²) in [5.41, 5.74) is 0.823. The predicted molar refractivity (Wildman–Crippen MR) is 99.1 cm³/mol. The summed E-state index contributed by atoms with van der Waals surface area (Å²) in [7, 11) is 0. The monoisotopic (exact) mass is 339 g/mol. The molecule has 2 aromatic carbocycles. The second-order valence-electron chi connectivity index (χ2n) is 6.36. The molecule has 1 aliphatic rings. The van der Waals surface area contributed by atoms with Crippen molar-refractivity contribution < 1.29 is 14.3 Å². The van der Waals surface area contributed by atoms with Crippen molar-refractivity contribution >= 4 is 11.6 Å². The van der Waals surface area contributed by atoms with Gasteiger partial charge >= 0.3 is 0 Å². The number of carbonyl (C=O) groups excluding carboxylic acids is 1.